The minimum absolute atomic E-state index is 0.0830. The number of nitrogens with zero attached hydrogens (tertiary/aromatic N) is 4. The number of amidine groups is 1. The van der Waals surface area contributed by atoms with Crippen molar-refractivity contribution in [1.29, 1.82) is 0 Å². The monoisotopic (exact) mass is 488 g/mol. The van der Waals surface area contributed by atoms with Crippen LogP contribution in [-0.4, -0.2) is 59.1 Å². The van der Waals surface area contributed by atoms with Gasteiger partial charge in [-0.3, -0.25) is 15.2 Å². The molecule has 1 saturated heterocycles. The first-order valence-electron chi connectivity index (χ1n) is 12.6. The Morgan fingerprint density at radius 2 is 1.97 bits per heavy atom. The van der Waals surface area contributed by atoms with Gasteiger partial charge in [0.15, 0.2) is 5.82 Å². The molecule has 3 N–H and O–H groups in total. The van der Waals surface area contributed by atoms with Crippen molar-refractivity contribution in [2.75, 3.05) is 36.5 Å². The van der Waals surface area contributed by atoms with Crippen LogP contribution in [0.15, 0.2) is 59.2 Å². The number of fused-ring (bicyclic) bond motifs is 1. The zero-order chi connectivity index (χ0) is 24.6. The summed E-state index contributed by atoms with van der Waals surface area (Å²) in [6, 6.07) is 9.71. The summed E-state index contributed by atoms with van der Waals surface area (Å²) < 4.78 is 5.18. The molecule has 186 valence electrons. The van der Waals surface area contributed by atoms with Gasteiger partial charge in [-0.25, -0.2) is 9.69 Å². The van der Waals surface area contributed by atoms with E-state index in [-0.39, 0.29) is 5.91 Å². The third-order valence-electron chi connectivity index (χ3n) is 6.94. The Bertz CT molecular complexity index is 1270. The molecule has 1 amide bonds. The standard InChI is InChI=1S/C26H29N7O3/c1-2-36-26(35)21-14-33-23(27-21)15-32(16-24(33)28-22-13-20(29-30-22)17-5-6-17)19-9-7-18(8-10-19)25(34)31-11-3-4-12-31/h7-10,13-14,16-17H,2-6,11-12,15H2,1H3,(H2,28,29,30)/p+1. The zero-order valence-electron chi connectivity index (χ0n) is 20.3. The summed E-state index contributed by atoms with van der Waals surface area (Å²) in [6.07, 6.45) is 8.29. The van der Waals surface area contributed by atoms with E-state index in [2.05, 4.69) is 25.4 Å². The Kier molecular flexibility index (Phi) is 5.80. The van der Waals surface area contributed by atoms with Crippen molar-refractivity contribution in [3.63, 3.8) is 0 Å². The Hall–Kier alpha value is -3.92. The van der Waals surface area contributed by atoms with Gasteiger partial charge in [0.1, 0.15) is 12.7 Å². The van der Waals surface area contributed by atoms with Crippen LogP contribution in [0.3, 0.4) is 0 Å². The summed E-state index contributed by atoms with van der Waals surface area (Å²) in [7, 11) is 0. The van der Waals surface area contributed by atoms with Crippen molar-refractivity contribution in [1.82, 2.24) is 15.1 Å². The van der Waals surface area contributed by atoms with Gasteiger partial charge in [-0.2, -0.15) is 10.1 Å². The number of ether oxygens (including phenoxy) is 1. The lowest BCUT2D eigenvalue weighted by molar-refractivity contribution is -0.698. The van der Waals surface area contributed by atoms with Crippen molar-refractivity contribution < 1.29 is 19.2 Å². The molecule has 4 aliphatic rings. The minimum Gasteiger partial charge on any atom is -0.461 e. The summed E-state index contributed by atoms with van der Waals surface area (Å²) >= 11 is 0. The van der Waals surface area contributed by atoms with Crippen molar-refractivity contribution in [2.45, 2.75) is 38.5 Å². The first-order valence-corrected chi connectivity index (χ1v) is 12.6. The van der Waals surface area contributed by atoms with Crippen LogP contribution in [0.4, 0.5) is 11.5 Å². The van der Waals surface area contributed by atoms with Gasteiger partial charge in [-0.15, -0.1) is 0 Å². The average Bonchev–Trinajstić information content (AvgIpc) is 3.28. The van der Waals surface area contributed by atoms with E-state index in [1.54, 1.807) is 13.1 Å². The number of esters is 1. The molecular formula is C26H30N7O3+. The molecule has 4 heterocycles. The molecule has 1 unspecified atom stereocenters. The smallest absolute Gasteiger partial charge is 0.362 e. The van der Waals surface area contributed by atoms with Gasteiger partial charge in [0.05, 0.1) is 12.8 Å². The van der Waals surface area contributed by atoms with E-state index >= 15 is 0 Å². The third-order valence-corrected chi connectivity index (χ3v) is 6.94. The van der Waals surface area contributed by atoms with E-state index in [4.69, 9.17) is 4.74 Å². The second-order valence-corrected chi connectivity index (χ2v) is 9.55. The SMILES string of the molecule is CCOC(=O)C1=C[NH+]2C(Nc3cc(C4CC4)[nH]n3)=CN(c3ccc(C(=O)N4CCCC4)cc3)CC2=N1. The fraction of sp³-hybridized carbons (Fsp3) is 0.385. The lowest BCUT2D eigenvalue weighted by Crippen LogP contribution is -3.10. The molecule has 0 radical (unpaired) electrons. The Balaban J connectivity index is 1.27. The Morgan fingerprint density at radius 3 is 2.69 bits per heavy atom. The fourth-order valence-electron chi connectivity index (χ4n) is 4.86. The number of quaternary nitrogens is 1. The summed E-state index contributed by atoms with van der Waals surface area (Å²) in [6.45, 7) is 4.22. The minimum atomic E-state index is -0.432. The van der Waals surface area contributed by atoms with Crippen LogP contribution in [0.1, 0.15) is 54.6 Å². The van der Waals surface area contributed by atoms with Crippen LogP contribution in [0.2, 0.25) is 0 Å². The van der Waals surface area contributed by atoms with Crippen LogP contribution < -0.4 is 15.1 Å². The van der Waals surface area contributed by atoms with Gasteiger partial charge in [-0.1, -0.05) is 0 Å². The van der Waals surface area contributed by atoms with Gasteiger partial charge in [0.25, 0.3) is 5.91 Å². The van der Waals surface area contributed by atoms with Gasteiger partial charge in [0.2, 0.25) is 17.4 Å². The van der Waals surface area contributed by atoms with E-state index in [0.717, 1.165) is 59.7 Å². The van der Waals surface area contributed by atoms with Crippen molar-refractivity contribution in [2.24, 2.45) is 4.99 Å². The first-order chi connectivity index (χ1) is 17.6. The number of amides is 1. The highest BCUT2D eigenvalue weighted by atomic mass is 16.5. The van der Waals surface area contributed by atoms with Crippen LogP contribution in [0.5, 0.6) is 0 Å². The van der Waals surface area contributed by atoms with Crippen LogP contribution >= 0.6 is 0 Å². The van der Waals surface area contributed by atoms with Crippen LogP contribution in [0, 0.1) is 0 Å². The van der Waals surface area contributed by atoms with E-state index in [1.807, 2.05) is 41.4 Å². The summed E-state index contributed by atoms with van der Waals surface area (Å²) in [5, 5.41) is 11.0. The highest BCUT2D eigenvalue weighted by molar-refractivity contribution is 5.96. The molecule has 3 aliphatic heterocycles. The molecule has 36 heavy (non-hydrogen) atoms. The molecule has 10 nitrogen and oxygen atoms in total. The van der Waals surface area contributed by atoms with E-state index in [1.165, 1.54) is 12.8 Å². The van der Waals surface area contributed by atoms with Crippen LogP contribution in [-0.2, 0) is 9.53 Å². The molecule has 6 rings (SSSR count). The fourth-order valence-corrected chi connectivity index (χ4v) is 4.86. The lowest BCUT2D eigenvalue weighted by Gasteiger charge is -2.28. The average molecular weight is 489 g/mol. The number of hydrogen-bond acceptors (Lipinski definition) is 7. The van der Waals surface area contributed by atoms with E-state index in [0.29, 0.717) is 30.3 Å². The quantitative estimate of drug-likeness (QED) is 0.515. The molecule has 1 saturated carbocycles. The first kappa shape index (κ1) is 22.5. The molecule has 2 aromatic rings. The van der Waals surface area contributed by atoms with Crippen molar-refractivity contribution in [3.05, 3.63) is 65.5 Å². The molecule has 2 fully saturated rings. The molecule has 0 bridgehead atoms. The van der Waals surface area contributed by atoms with Crippen molar-refractivity contribution >= 4 is 29.2 Å². The number of aliphatic imine (C=N–C) groups is 1. The normalized spacial score (nSPS) is 21.0. The van der Waals surface area contributed by atoms with Gasteiger partial charge >= 0.3 is 5.97 Å². The van der Waals surface area contributed by atoms with Gasteiger partial charge in [-0.05, 0) is 56.9 Å². The van der Waals surface area contributed by atoms with Gasteiger partial charge in [0, 0.05) is 42.0 Å². The number of aromatic nitrogens is 2. The molecule has 1 atom stereocenters. The maximum Gasteiger partial charge on any atom is 0.362 e. The maximum atomic E-state index is 12.8. The number of nitrogens with one attached hydrogen (secondary N) is 3. The highest BCUT2D eigenvalue weighted by Crippen LogP contribution is 2.39. The number of likely N-dealkylation sites (tertiary alicyclic amines) is 1. The third kappa shape index (κ3) is 4.39. The van der Waals surface area contributed by atoms with Crippen molar-refractivity contribution in [3.8, 4) is 0 Å². The number of rotatable bonds is 7. The van der Waals surface area contributed by atoms with Crippen LogP contribution in [0.25, 0.3) is 0 Å². The van der Waals surface area contributed by atoms with Gasteiger partial charge < -0.3 is 14.5 Å². The second-order valence-electron chi connectivity index (χ2n) is 9.55. The summed E-state index contributed by atoms with van der Waals surface area (Å²) in [5.41, 5.74) is 3.06. The molecule has 1 aliphatic carbocycles. The molecule has 0 spiro atoms. The second kappa shape index (κ2) is 9.27. The van der Waals surface area contributed by atoms with E-state index < -0.39 is 5.97 Å². The number of carbonyl (C=O) groups is 2. The summed E-state index contributed by atoms with van der Waals surface area (Å²) in [5.74, 6) is 2.52. The molecule has 10 heteroatoms. The Morgan fingerprint density at radius 1 is 1.19 bits per heavy atom. The number of benzene rings is 1. The predicted molar refractivity (Wildman–Crippen MR) is 134 cm³/mol. The maximum absolute atomic E-state index is 12.8. The number of H-pyrrole nitrogens is 1. The Labute approximate surface area is 209 Å². The topological polar surface area (TPSA) is 107 Å². The number of carbonyl (C=O) groups excluding carboxylic acids is 2. The summed E-state index contributed by atoms with van der Waals surface area (Å²) in [4.78, 5) is 34.6. The number of aromatic amines is 1. The predicted octanol–water partition coefficient (Wildman–Crippen LogP) is 1.96. The zero-order valence-corrected chi connectivity index (χ0v) is 20.3. The highest BCUT2D eigenvalue weighted by Gasteiger charge is 2.37. The lowest BCUT2D eigenvalue weighted by atomic mass is 10.1. The number of anilines is 2. The number of hydrogen-bond donors (Lipinski definition) is 3. The largest absolute Gasteiger partial charge is 0.461 e. The molecular weight excluding hydrogens is 458 g/mol. The van der Waals surface area contributed by atoms with E-state index in [9.17, 15) is 9.59 Å². The molecule has 1 aromatic carbocycles. The molecule has 1 aromatic heterocycles.